The number of halogens is 2. The lowest BCUT2D eigenvalue weighted by atomic mass is 10.0. The van der Waals surface area contributed by atoms with Crippen LogP contribution in [-0.4, -0.2) is 58.0 Å². The van der Waals surface area contributed by atoms with E-state index in [9.17, 15) is 14.0 Å². The molecule has 1 N–H and O–H groups in total. The summed E-state index contributed by atoms with van der Waals surface area (Å²) in [5.74, 6) is -1.19. The van der Waals surface area contributed by atoms with Gasteiger partial charge in [0.1, 0.15) is 5.82 Å². The molecule has 1 fully saturated rings. The van der Waals surface area contributed by atoms with Gasteiger partial charge in [-0.2, -0.15) is 0 Å². The number of nitrogens with zero attached hydrogens (tertiary/aromatic N) is 4. The van der Waals surface area contributed by atoms with Crippen molar-refractivity contribution in [1.29, 1.82) is 0 Å². The van der Waals surface area contributed by atoms with Gasteiger partial charge in [0.05, 0.1) is 28.1 Å². The number of unbranched alkanes of at least 4 members (excludes halogenated alkanes) is 1. The number of hydrogen-bond acceptors (Lipinski definition) is 5. The van der Waals surface area contributed by atoms with Gasteiger partial charge in [0.15, 0.2) is 0 Å². The number of aliphatic carboxylic acids is 1. The Balaban J connectivity index is 1.37. The molecule has 0 spiro atoms. The Hall–Kier alpha value is -4.04. The van der Waals surface area contributed by atoms with Crippen molar-refractivity contribution < 1.29 is 19.1 Å². The first kappa shape index (κ1) is 26.6. The molecule has 3 aromatic carbocycles. The Kier molecular flexibility index (Phi) is 8.02. The highest BCUT2D eigenvalue weighted by molar-refractivity contribution is 6.30. The van der Waals surface area contributed by atoms with Crippen LogP contribution in [0.1, 0.15) is 35.3 Å². The SMILES string of the molecule is O=C(O)CCCCc1nc2cc(C(=O)N3CCN(c4ccccc4F)CC3)ccc2nc1-c1ccc(Cl)cc1. The van der Waals surface area contributed by atoms with E-state index in [1.54, 1.807) is 47.4 Å². The van der Waals surface area contributed by atoms with Gasteiger partial charge >= 0.3 is 5.97 Å². The van der Waals surface area contributed by atoms with Crippen molar-refractivity contribution in [3.63, 3.8) is 0 Å². The van der Waals surface area contributed by atoms with Gasteiger partial charge in [-0.05, 0) is 61.7 Å². The number of rotatable bonds is 8. The van der Waals surface area contributed by atoms with Crippen molar-refractivity contribution in [2.75, 3.05) is 31.1 Å². The molecule has 200 valence electrons. The lowest BCUT2D eigenvalue weighted by Gasteiger charge is -2.36. The number of anilines is 1. The van der Waals surface area contributed by atoms with Crippen molar-refractivity contribution in [1.82, 2.24) is 14.9 Å². The molecule has 9 heteroatoms. The number of benzene rings is 3. The normalized spacial score (nSPS) is 13.6. The van der Waals surface area contributed by atoms with Crippen LogP contribution in [0.15, 0.2) is 66.7 Å². The lowest BCUT2D eigenvalue weighted by Crippen LogP contribution is -2.49. The van der Waals surface area contributed by atoms with Crippen LogP contribution in [0, 0.1) is 5.82 Å². The Morgan fingerprint density at radius 1 is 0.897 bits per heavy atom. The maximum Gasteiger partial charge on any atom is 0.303 e. The average molecular weight is 547 g/mol. The van der Waals surface area contributed by atoms with Crippen molar-refractivity contribution >= 4 is 40.2 Å². The largest absolute Gasteiger partial charge is 0.481 e. The molecular formula is C30H28ClFN4O3. The molecule has 0 saturated carbocycles. The molecule has 5 rings (SSSR count). The predicted octanol–water partition coefficient (Wildman–Crippen LogP) is 5.85. The van der Waals surface area contributed by atoms with Gasteiger partial charge in [-0.1, -0.05) is 35.9 Å². The zero-order chi connectivity index (χ0) is 27.4. The fraction of sp³-hybridized carbons (Fsp3) is 0.267. The van der Waals surface area contributed by atoms with E-state index in [4.69, 9.17) is 26.7 Å². The minimum absolute atomic E-state index is 0.0973. The maximum absolute atomic E-state index is 14.2. The first-order valence-electron chi connectivity index (χ1n) is 13.0. The Labute approximate surface area is 230 Å². The molecule has 0 aliphatic carbocycles. The smallest absolute Gasteiger partial charge is 0.303 e. The number of carbonyl (C=O) groups is 2. The second-order valence-corrected chi connectivity index (χ2v) is 10.00. The first-order valence-corrected chi connectivity index (χ1v) is 13.3. The summed E-state index contributed by atoms with van der Waals surface area (Å²) >= 11 is 6.08. The summed E-state index contributed by atoms with van der Waals surface area (Å²) in [6.07, 6.45) is 1.84. The Morgan fingerprint density at radius 2 is 1.64 bits per heavy atom. The van der Waals surface area contributed by atoms with E-state index in [-0.39, 0.29) is 18.1 Å². The maximum atomic E-state index is 14.2. The fourth-order valence-corrected chi connectivity index (χ4v) is 4.97. The number of piperazine rings is 1. The number of aryl methyl sites for hydroxylation is 1. The number of hydrogen-bond donors (Lipinski definition) is 1. The van der Waals surface area contributed by atoms with Crippen molar-refractivity contribution in [2.45, 2.75) is 25.7 Å². The molecule has 4 aromatic rings. The zero-order valence-corrected chi connectivity index (χ0v) is 22.1. The summed E-state index contributed by atoms with van der Waals surface area (Å²) < 4.78 is 14.2. The van der Waals surface area contributed by atoms with Gasteiger partial charge in [-0.15, -0.1) is 0 Å². The van der Waals surface area contributed by atoms with Crippen LogP contribution in [0.4, 0.5) is 10.1 Å². The predicted molar refractivity (Wildman–Crippen MR) is 150 cm³/mol. The van der Waals surface area contributed by atoms with Gasteiger partial charge in [0.2, 0.25) is 0 Å². The zero-order valence-electron chi connectivity index (χ0n) is 21.3. The molecule has 1 aliphatic rings. The monoisotopic (exact) mass is 546 g/mol. The number of para-hydroxylation sites is 1. The standard InChI is InChI=1S/C30H28ClFN4O3/c31-22-12-9-20(10-13-22)29-25(6-2-4-8-28(37)38)33-26-19-21(11-14-24(26)34-29)30(39)36-17-15-35(16-18-36)27-7-3-1-5-23(27)32/h1,3,5,7,9-14,19H,2,4,6,8,15-18H2,(H,37,38). The van der Waals surface area contributed by atoms with Crippen LogP contribution in [0.2, 0.25) is 5.02 Å². The third-order valence-electron chi connectivity index (χ3n) is 6.92. The van der Waals surface area contributed by atoms with Crippen LogP contribution in [0.3, 0.4) is 0 Å². The van der Waals surface area contributed by atoms with E-state index >= 15 is 0 Å². The average Bonchev–Trinajstić information content (AvgIpc) is 2.95. The Morgan fingerprint density at radius 3 is 2.36 bits per heavy atom. The summed E-state index contributed by atoms with van der Waals surface area (Å²) in [6.45, 7) is 2.07. The Bertz CT molecular complexity index is 1500. The van der Waals surface area contributed by atoms with E-state index in [1.807, 2.05) is 23.1 Å². The molecule has 0 unspecified atom stereocenters. The van der Waals surface area contributed by atoms with Crippen molar-refractivity contribution in [3.8, 4) is 11.3 Å². The summed E-state index contributed by atoms with van der Waals surface area (Å²) in [7, 11) is 0. The van der Waals surface area contributed by atoms with E-state index in [0.717, 1.165) is 17.0 Å². The van der Waals surface area contributed by atoms with Crippen molar-refractivity contribution in [3.05, 3.63) is 88.8 Å². The number of aromatic nitrogens is 2. The molecule has 1 amide bonds. The fourth-order valence-electron chi connectivity index (χ4n) is 4.85. The lowest BCUT2D eigenvalue weighted by molar-refractivity contribution is -0.137. The summed E-state index contributed by atoms with van der Waals surface area (Å²) in [5.41, 5.74) is 4.68. The van der Waals surface area contributed by atoms with Gasteiger partial charge in [0.25, 0.3) is 5.91 Å². The molecular weight excluding hydrogens is 519 g/mol. The van der Waals surface area contributed by atoms with Crippen molar-refractivity contribution in [2.24, 2.45) is 0 Å². The highest BCUT2D eigenvalue weighted by Crippen LogP contribution is 2.27. The summed E-state index contributed by atoms with van der Waals surface area (Å²) in [6, 6.07) is 19.4. The van der Waals surface area contributed by atoms with E-state index < -0.39 is 5.97 Å². The third-order valence-corrected chi connectivity index (χ3v) is 7.17. The topological polar surface area (TPSA) is 86.6 Å². The van der Waals surface area contributed by atoms with Crippen LogP contribution < -0.4 is 4.90 Å². The van der Waals surface area contributed by atoms with Crippen LogP contribution in [0.25, 0.3) is 22.3 Å². The molecule has 0 atom stereocenters. The van der Waals surface area contributed by atoms with Gasteiger partial charge in [-0.3, -0.25) is 9.59 Å². The summed E-state index contributed by atoms with van der Waals surface area (Å²) in [4.78, 5) is 37.8. The van der Waals surface area contributed by atoms with Gasteiger partial charge < -0.3 is 14.9 Å². The van der Waals surface area contributed by atoms with E-state index in [2.05, 4.69) is 0 Å². The van der Waals surface area contributed by atoms with Gasteiger partial charge in [0, 0.05) is 48.7 Å². The second-order valence-electron chi connectivity index (χ2n) is 9.56. The third kappa shape index (κ3) is 6.17. The number of carboxylic acid groups (broad SMARTS) is 1. The van der Waals surface area contributed by atoms with Crippen LogP contribution in [0.5, 0.6) is 0 Å². The highest BCUT2D eigenvalue weighted by Gasteiger charge is 2.24. The quantitative estimate of drug-likeness (QED) is 0.279. The number of amides is 1. The second kappa shape index (κ2) is 11.8. The van der Waals surface area contributed by atoms with Crippen LogP contribution in [-0.2, 0) is 11.2 Å². The number of carbonyl (C=O) groups excluding carboxylic acids is 1. The molecule has 7 nitrogen and oxygen atoms in total. The van der Waals surface area contributed by atoms with Crippen LogP contribution >= 0.6 is 11.6 Å². The molecule has 39 heavy (non-hydrogen) atoms. The number of carboxylic acids is 1. The molecule has 1 saturated heterocycles. The molecule has 1 aromatic heterocycles. The number of fused-ring (bicyclic) bond motifs is 1. The van der Waals surface area contributed by atoms with E-state index in [0.29, 0.717) is 72.7 Å². The first-order chi connectivity index (χ1) is 18.9. The molecule has 2 heterocycles. The highest BCUT2D eigenvalue weighted by atomic mass is 35.5. The molecule has 0 radical (unpaired) electrons. The minimum Gasteiger partial charge on any atom is -0.481 e. The minimum atomic E-state index is -0.824. The van der Waals surface area contributed by atoms with E-state index in [1.165, 1.54) is 6.07 Å². The summed E-state index contributed by atoms with van der Waals surface area (Å²) in [5, 5.41) is 9.61. The molecule has 0 bridgehead atoms. The van der Waals surface area contributed by atoms with Gasteiger partial charge in [-0.25, -0.2) is 14.4 Å². The molecule has 1 aliphatic heterocycles.